The predicted molar refractivity (Wildman–Crippen MR) is 131 cm³/mol. The Hall–Kier alpha value is -4.19. The van der Waals surface area contributed by atoms with Crippen molar-refractivity contribution in [2.45, 2.75) is 12.8 Å². The van der Waals surface area contributed by atoms with Crippen LogP contribution in [0.2, 0.25) is 0 Å². The van der Waals surface area contributed by atoms with Gasteiger partial charge in [-0.3, -0.25) is 5.10 Å². The number of benzene rings is 3. The molecule has 4 aromatic rings. The van der Waals surface area contributed by atoms with E-state index in [1.807, 2.05) is 54.6 Å². The van der Waals surface area contributed by atoms with Crippen molar-refractivity contribution in [1.29, 1.82) is 0 Å². The summed E-state index contributed by atoms with van der Waals surface area (Å²) in [6, 6.07) is 21.4. The number of ether oxygens (including phenoxy) is 1. The van der Waals surface area contributed by atoms with Crippen LogP contribution >= 0.6 is 0 Å². The van der Waals surface area contributed by atoms with E-state index in [9.17, 15) is 9.18 Å². The fourth-order valence-corrected chi connectivity index (χ4v) is 4.27. The van der Waals surface area contributed by atoms with Gasteiger partial charge in [-0.15, -0.1) is 0 Å². The molecule has 1 aliphatic carbocycles. The quantitative estimate of drug-likeness (QED) is 0.258. The lowest BCUT2D eigenvalue weighted by atomic mass is 9.86. The molecule has 0 atom stereocenters. The first-order valence-corrected chi connectivity index (χ1v) is 11.1. The molecule has 0 spiro atoms. The van der Waals surface area contributed by atoms with Crippen LogP contribution in [0.15, 0.2) is 72.8 Å². The van der Waals surface area contributed by atoms with Crippen LogP contribution in [-0.4, -0.2) is 28.4 Å². The van der Waals surface area contributed by atoms with E-state index in [-0.39, 0.29) is 0 Å². The number of H-pyrrole nitrogens is 1. The number of hydrogen-bond acceptors (Lipinski definition) is 3. The van der Waals surface area contributed by atoms with Gasteiger partial charge in [0.2, 0.25) is 5.95 Å². The maximum absolute atomic E-state index is 14.4. The molecule has 0 unspecified atom stereocenters. The molecule has 1 fully saturated rings. The van der Waals surface area contributed by atoms with E-state index in [1.165, 1.54) is 5.57 Å². The number of carboxylic acids is 1. The minimum absolute atomic E-state index is 0.403. The molecule has 6 heteroatoms. The molecule has 3 aromatic carbocycles. The molecule has 2 N–H and O–H groups in total. The molecule has 1 heterocycles. The normalized spacial score (nSPS) is 14.4. The molecule has 1 aromatic heterocycles. The molecule has 1 saturated carbocycles. The number of allylic oxidation sites excluding steroid dienone is 1. The third kappa shape index (κ3) is 4.35. The van der Waals surface area contributed by atoms with Crippen molar-refractivity contribution in [3.05, 3.63) is 101 Å². The zero-order chi connectivity index (χ0) is 23.7. The van der Waals surface area contributed by atoms with Gasteiger partial charge in [0.15, 0.2) is 0 Å². The highest BCUT2D eigenvalue weighted by Crippen LogP contribution is 2.48. The Morgan fingerprint density at radius 1 is 1.03 bits per heavy atom. The van der Waals surface area contributed by atoms with Gasteiger partial charge in [-0.2, -0.15) is 9.49 Å². The van der Waals surface area contributed by atoms with Crippen LogP contribution < -0.4 is 4.74 Å². The molecular formula is C28H23FN2O3. The van der Waals surface area contributed by atoms with Crippen LogP contribution in [0.4, 0.5) is 4.39 Å². The lowest BCUT2D eigenvalue weighted by Gasteiger charge is -2.18. The maximum atomic E-state index is 14.4. The minimum Gasteiger partial charge on any atom is -0.497 e. The molecule has 34 heavy (non-hydrogen) atoms. The first kappa shape index (κ1) is 21.6. The lowest BCUT2D eigenvalue weighted by Crippen LogP contribution is -1.98. The van der Waals surface area contributed by atoms with Crippen molar-refractivity contribution in [2.24, 2.45) is 5.92 Å². The number of halogens is 1. The van der Waals surface area contributed by atoms with Gasteiger partial charge in [-0.05, 0) is 82.5 Å². The fourth-order valence-electron chi connectivity index (χ4n) is 4.27. The topological polar surface area (TPSA) is 75.2 Å². The van der Waals surface area contributed by atoms with E-state index in [0.717, 1.165) is 52.5 Å². The second-order valence-corrected chi connectivity index (χ2v) is 8.35. The monoisotopic (exact) mass is 454 g/mol. The Morgan fingerprint density at radius 2 is 1.71 bits per heavy atom. The summed E-state index contributed by atoms with van der Waals surface area (Å²) in [7, 11) is 1.65. The van der Waals surface area contributed by atoms with Crippen molar-refractivity contribution >= 4 is 34.1 Å². The average molecular weight is 455 g/mol. The van der Waals surface area contributed by atoms with Crippen molar-refractivity contribution < 1.29 is 19.0 Å². The number of aliphatic carboxylic acids is 1. The van der Waals surface area contributed by atoms with Crippen LogP contribution in [0.3, 0.4) is 0 Å². The Morgan fingerprint density at radius 3 is 2.35 bits per heavy atom. The fraction of sp³-hybridized carbons (Fsp3) is 0.143. The Balaban J connectivity index is 1.71. The van der Waals surface area contributed by atoms with Crippen LogP contribution in [-0.2, 0) is 4.79 Å². The molecule has 0 radical (unpaired) electrons. The third-order valence-corrected chi connectivity index (χ3v) is 6.07. The molecule has 170 valence electrons. The minimum atomic E-state index is -0.990. The van der Waals surface area contributed by atoms with Gasteiger partial charge in [0, 0.05) is 6.08 Å². The summed E-state index contributed by atoms with van der Waals surface area (Å²) < 4.78 is 19.7. The van der Waals surface area contributed by atoms with Gasteiger partial charge in [-0.1, -0.05) is 42.5 Å². The van der Waals surface area contributed by atoms with Gasteiger partial charge in [0.05, 0.1) is 18.0 Å². The Labute approximate surface area is 196 Å². The number of hydrogen-bond donors (Lipinski definition) is 2. The maximum Gasteiger partial charge on any atom is 0.328 e. The largest absolute Gasteiger partial charge is 0.497 e. The highest BCUT2D eigenvalue weighted by Gasteiger charge is 2.30. The van der Waals surface area contributed by atoms with E-state index in [4.69, 9.17) is 9.84 Å². The van der Waals surface area contributed by atoms with Crippen LogP contribution in [0.5, 0.6) is 5.75 Å². The summed E-state index contributed by atoms with van der Waals surface area (Å²) in [4.78, 5) is 10.9. The molecule has 5 nitrogen and oxygen atoms in total. The second kappa shape index (κ2) is 8.98. The summed E-state index contributed by atoms with van der Waals surface area (Å²) in [6.07, 6.45) is 4.86. The van der Waals surface area contributed by atoms with E-state index in [2.05, 4.69) is 22.3 Å². The number of nitrogens with zero attached hydrogens (tertiary/aromatic N) is 1. The predicted octanol–water partition coefficient (Wildman–Crippen LogP) is 6.18. The summed E-state index contributed by atoms with van der Waals surface area (Å²) in [6.45, 7) is 0. The number of nitrogens with one attached hydrogen (secondary N) is 1. The van der Waals surface area contributed by atoms with Crippen molar-refractivity contribution in [3.8, 4) is 5.75 Å². The number of fused-ring (bicyclic) bond motifs is 1. The standard InChI is InChI=1S/C28H23FN2O3/c1-34-22-12-9-20(10-13-22)26(19-7-8-19)27(18-5-2-17(3-6-18)4-15-25(32)33)21-11-14-24-23(16-21)28(29)31-30-24/h2-6,9-16,19H,7-8H2,1H3,(H,30,31)(H,32,33)/b15-4+,27-26+. The first-order chi connectivity index (χ1) is 16.5. The Kier molecular flexibility index (Phi) is 5.72. The molecule has 0 amide bonds. The zero-order valence-electron chi connectivity index (χ0n) is 18.6. The van der Waals surface area contributed by atoms with E-state index in [1.54, 1.807) is 13.2 Å². The van der Waals surface area contributed by atoms with E-state index >= 15 is 0 Å². The highest BCUT2D eigenvalue weighted by atomic mass is 19.1. The molecular weight excluding hydrogens is 431 g/mol. The molecule has 0 saturated heterocycles. The molecule has 5 rings (SSSR count). The number of carbonyl (C=O) groups is 1. The Bertz CT molecular complexity index is 1410. The molecule has 0 bridgehead atoms. The summed E-state index contributed by atoms with van der Waals surface area (Å²) >= 11 is 0. The van der Waals surface area contributed by atoms with Gasteiger partial charge in [-0.25, -0.2) is 4.79 Å². The average Bonchev–Trinajstić information content (AvgIpc) is 3.64. The van der Waals surface area contributed by atoms with Gasteiger partial charge in [0.1, 0.15) is 5.75 Å². The van der Waals surface area contributed by atoms with Crippen LogP contribution in [0.25, 0.3) is 28.1 Å². The summed E-state index contributed by atoms with van der Waals surface area (Å²) in [5, 5.41) is 15.8. The summed E-state index contributed by atoms with van der Waals surface area (Å²) in [5.74, 6) is -0.254. The SMILES string of the molecule is COc1ccc(/C(=C(\c2ccc(/C=C/C(=O)O)cc2)c2ccc3n[nH]c(F)c3c2)C2CC2)cc1. The van der Waals surface area contributed by atoms with Gasteiger partial charge in [0.25, 0.3) is 0 Å². The van der Waals surface area contributed by atoms with E-state index in [0.29, 0.717) is 16.8 Å². The number of rotatable bonds is 7. The third-order valence-electron chi connectivity index (χ3n) is 6.07. The van der Waals surface area contributed by atoms with Crippen molar-refractivity contribution in [1.82, 2.24) is 10.2 Å². The van der Waals surface area contributed by atoms with Crippen molar-refractivity contribution in [3.63, 3.8) is 0 Å². The molecule has 1 aliphatic rings. The number of carboxylic acid groups (broad SMARTS) is 1. The van der Waals surface area contributed by atoms with Gasteiger partial charge >= 0.3 is 5.97 Å². The number of aromatic amines is 1. The highest BCUT2D eigenvalue weighted by molar-refractivity contribution is 6.01. The number of aromatic nitrogens is 2. The van der Waals surface area contributed by atoms with Crippen LogP contribution in [0, 0.1) is 11.9 Å². The van der Waals surface area contributed by atoms with Crippen molar-refractivity contribution in [2.75, 3.05) is 7.11 Å². The number of methoxy groups -OCH3 is 1. The lowest BCUT2D eigenvalue weighted by molar-refractivity contribution is -0.131. The second-order valence-electron chi connectivity index (χ2n) is 8.35. The zero-order valence-corrected chi connectivity index (χ0v) is 18.6. The molecule has 0 aliphatic heterocycles. The van der Waals surface area contributed by atoms with Gasteiger partial charge < -0.3 is 9.84 Å². The smallest absolute Gasteiger partial charge is 0.328 e. The van der Waals surface area contributed by atoms with E-state index < -0.39 is 11.9 Å². The summed E-state index contributed by atoms with van der Waals surface area (Å²) in [5.41, 5.74) is 6.59. The van der Waals surface area contributed by atoms with Crippen LogP contribution in [0.1, 0.15) is 35.1 Å². The first-order valence-electron chi connectivity index (χ1n) is 11.1.